The molecule has 0 aliphatic carbocycles. The van der Waals surface area contributed by atoms with Gasteiger partial charge >= 0.3 is 11.9 Å². The predicted molar refractivity (Wildman–Crippen MR) is 155 cm³/mol. The number of carboxylic acids is 2. The Morgan fingerprint density at radius 2 is 1.10 bits per heavy atom. The standard InChI is InChI=1S/C29H56N4O6/c1-30-25(29(38)39)17-15-16-21-31-27(35)20-23-33(2)24-22-32-26(34)18-13-11-9-7-5-3-4-6-8-10-12-14-19-28(36)37/h25,30H,3-24H2,1-2H3,(H,31,35)(H,32,34)(H,36,37)(H,38,39)/t25-/m0/s1. The van der Waals surface area contributed by atoms with Crippen LogP contribution in [0, 0.1) is 0 Å². The molecule has 10 nitrogen and oxygen atoms in total. The maximum absolute atomic E-state index is 12.0. The molecule has 5 N–H and O–H groups in total. The van der Waals surface area contributed by atoms with E-state index in [1.165, 1.54) is 44.9 Å². The van der Waals surface area contributed by atoms with Gasteiger partial charge in [0.05, 0.1) is 0 Å². The second-order valence-electron chi connectivity index (χ2n) is 10.6. The fraction of sp³-hybridized carbons (Fsp3) is 0.862. The van der Waals surface area contributed by atoms with Gasteiger partial charge in [-0.3, -0.25) is 19.2 Å². The highest BCUT2D eigenvalue weighted by atomic mass is 16.4. The highest BCUT2D eigenvalue weighted by Crippen LogP contribution is 2.13. The lowest BCUT2D eigenvalue weighted by molar-refractivity contribution is -0.139. The Morgan fingerprint density at radius 1 is 0.615 bits per heavy atom. The molecule has 0 aliphatic rings. The van der Waals surface area contributed by atoms with Crippen LogP contribution in [0.4, 0.5) is 0 Å². The number of nitrogens with one attached hydrogen (secondary N) is 3. The molecule has 39 heavy (non-hydrogen) atoms. The average molecular weight is 557 g/mol. The zero-order valence-corrected chi connectivity index (χ0v) is 24.6. The van der Waals surface area contributed by atoms with Crippen molar-refractivity contribution in [2.45, 2.75) is 122 Å². The number of aliphatic carboxylic acids is 2. The molecule has 228 valence electrons. The van der Waals surface area contributed by atoms with E-state index in [1.807, 2.05) is 11.9 Å². The Bertz CT molecular complexity index is 662. The lowest BCUT2D eigenvalue weighted by atomic mass is 10.0. The molecule has 0 heterocycles. The summed E-state index contributed by atoms with van der Waals surface area (Å²) in [4.78, 5) is 47.5. The topological polar surface area (TPSA) is 148 Å². The van der Waals surface area contributed by atoms with Gasteiger partial charge in [-0.05, 0) is 46.2 Å². The monoisotopic (exact) mass is 556 g/mol. The number of hydrogen-bond donors (Lipinski definition) is 5. The number of carbonyl (C=O) groups excluding carboxylic acids is 2. The Balaban J connectivity index is 3.48. The summed E-state index contributed by atoms with van der Waals surface area (Å²) in [6, 6.07) is -0.540. The minimum atomic E-state index is -0.852. The van der Waals surface area contributed by atoms with E-state index >= 15 is 0 Å². The summed E-state index contributed by atoms with van der Waals surface area (Å²) in [7, 11) is 3.57. The van der Waals surface area contributed by atoms with Crippen LogP contribution in [0.3, 0.4) is 0 Å². The van der Waals surface area contributed by atoms with Crippen LogP contribution in [0.15, 0.2) is 0 Å². The number of amides is 2. The number of likely N-dealkylation sites (N-methyl/N-ethyl adjacent to an activating group) is 2. The first-order valence-corrected chi connectivity index (χ1v) is 15.1. The molecule has 0 saturated heterocycles. The smallest absolute Gasteiger partial charge is 0.320 e. The van der Waals surface area contributed by atoms with E-state index in [4.69, 9.17) is 10.2 Å². The number of nitrogens with zero attached hydrogens (tertiary/aromatic N) is 1. The van der Waals surface area contributed by atoms with Gasteiger partial charge in [-0.25, -0.2) is 0 Å². The summed E-state index contributed by atoms with van der Waals surface area (Å²) in [5.74, 6) is -1.47. The van der Waals surface area contributed by atoms with Crippen molar-refractivity contribution in [2.75, 3.05) is 40.3 Å². The van der Waals surface area contributed by atoms with Gasteiger partial charge in [-0.2, -0.15) is 0 Å². The molecule has 10 heteroatoms. The first-order valence-electron chi connectivity index (χ1n) is 15.1. The molecule has 0 fully saturated rings. The van der Waals surface area contributed by atoms with E-state index in [2.05, 4.69) is 16.0 Å². The van der Waals surface area contributed by atoms with E-state index in [0.29, 0.717) is 51.9 Å². The van der Waals surface area contributed by atoms with Gasteiger partial charge in [0, 0.05) is 45.4 Å². The zero-order chi connectivity index (χ0) is 29.1. The third-order valence-corrected chi connectivity index (χ3v) is 6.97. The van der Waals surface area contributed by atoms with Gasteiger partial charge in [0.1, 0.15) is 6.04 Å². The molecule has 2 amide bonds. The van der Waals surface area contributed by atoms with Crippen LogP contribution in [0.2, 0.25) is 0 Å². The van der Waals surface area contributed by atoms with Gasteiger partial charge in [0.2, 0.25) is 11.8 Å². The van der Waals surface area contributed by atoms with Crippen LogP contribution in [0.1, 0.15) is 116 Å². The molecule has 0 saturated carbocycles. The van der Waals surface area contributed by atoms with E-state index in [9.17, 15) is 19.2 Å². The molecular formula is C29H56N4O6. The van der Waals surface area contributed by atoms with E-state index in [1.54, 1.807) is 7.05 Å². The predicted octanol–water partition coefficient (Wildman–Crippen LogP) is 3.93. The van der Waals surface area contributed by atoms with Crippen molar-refractivity contribution in [3.8, 4) is 0 Å². The molecule has 0 aromatic rings. The van der Waals surface area contributed by atoms with E-state index in [-0.39, 0.29) is 11.8 Å². The Labute approximate surface area is 236 Å². The lowest BCUT2D eigenvalue weighted by Crippen LogP contribution is -2.35. The van der Waals surface area contributed by atoms with E-state index in [0.717, 1.165) is 44.9 Å². The lowest BCUT2D eigenvalue weighted by Gasteiger charge is -2.16. The van der Waals surface area contributed by atoms with Crippen molar-refractivity contribution in [1.29, 1.82) is 0 Å². The number of hydrogen-bond acceptors (Lipinski definition) is 6. The first kappa shape index (κ1) is 36.8. The van der Waals surface area contributed by atoms with Gasteiger partial charge in [-0.1, -0.05) is 64.2 Å². The molecule has 0 unspecified atom stereocenters. The van der Waals surface area contributed by atoms with Crippen molar-refractivity contribution in [3.05, 3.63) is 0 Å². The molecule has 0 aromatic carbocycles. The third-order valence-electron chi connectivity index (χ3n) is 6.97. The summed E-state index contributed by atoms with van der Waals surface area (Å²) < 4.78 is 0. The van der Waals surface area contributed by atoms with Crippen molar-refractivity contribution in [1.82, 2.24) is 20.9 Å². The Kier molecular flexibility index (Phi) is 24.6. The molecule has 0 aromatic heterocycles. The number of rotatable bonds is 28. The summed E-state index contributed by atoms with van der Waals surface area (Å²) >= 11 is 0. The Hall–Kier alpha value is -2.20. The van der Waals surface area contributed by atoms with Crippen LogP contribution in [-0.2, 0) is 19.2 Å². The Morgan fingerprint density at radius 3 is 1.62 bits per heavy atom. The SMILES string of the molecule is CN[C@@H](CCCCNC(=O)CCN(C)CCNC(=O)CCCCCCCCCCCCCCC(=O)O)C(=O)O. The normalized spacial score (nSPS) is 11.9. The molecule has 0 rings (SSSR count). The van der Waals surface area contributed by atoms with Crippen LogP contribution >= 0.6 is 0 Å². The number of carboxylic acid groups (broad SMARTS) is 2. The molecule has 1 atom stereocenters. The second-order valence-corrected chi connectivity index (χ2v) is 10.6. The number of unbranched alkanes of at least 4 members (excludes halogenated alkanes) is 12. The first-order chi connectivity index (χ1) is 18.8. The fourth-order valence-corrected chi connectivity index (χ4v) is 4.39. The number of carbonyl (C=O) groups is 4. The van der Waals surface area contributed by atoms with Gasteiger partial charge in [0.25, 0.3) is 0 Å². The van der Waals surface area contributed by atoms with E-state index < -0.39 is 18.0 Å². The third kappa shape index (κ3) is 25.8. The fourth-order valence-electron chi connectivity index (χ4n) is 4.39. The second kappa shape index (κ2) is 26.0. The van der Waals surface area contributed by atoms with Crippen LogP contribution in [0.25, 0.3) is 0 Å². The average Bonchev–Trinajstić information content (AvgIpc) is 2.89. The van der Waals surface area contributed by atoms with Gasteiger partial charge in [0.15, 0.2) is 0 Å². The van der Waals surface area contributed by atoms with Gasteiger partial charge in [-0.15, -0.1) is 0 Å². The summed E-state index contributed by atoms with van der Waals surface area (Å²) in [5, 5.41) is 26.2. The van der Waals surface area contributed by atoms with Crippen molar-refractivity contribution in [2.24, 2.45) is 0 Å². The largest absolute Gasteiger partial charge is 0.481 e. The van der Waals surface area contributed by atoms with Crippen molar-refractivity contribution in [3.63, 3.8) is 0 Å². The summed E-state index contributed by atoms with van der Waals surface area (Å²) in [5.41, 5.74) is 0. The van der Waals surface area contributed by atoms with Gasteiger partial charge < -0.3 is 31.1 Å². The minimum Gasteiger partial charge on any atom is -0.481 e. The highest BCUT2D eigenvalue weighted by Gasteiger charge is 2.13. The van der Waals surface area contributed by atoms with Crippen molar-refractivity contribution < 1.29 is 29.4 Å². The molecule has 0 aliphatic heterocycles. The molecular weight excluding hydrogens is 500 g/mol. The van der Waals surface area contributed by atoms with Crippen LogP contribution in [0.5, 0.6) is 0 Å². The van der Waals surface area contributed by atoms with Crippen LogP contribution in [-0.4, -0.2) is 85.2 Å². The maximum Gasteiger partial charge on any atom is 0.320 e. The highest BCUT2D eigenvalue weighted by molar-refractivity contribution is 5.76. The quantitative estimate of drug-likeness (QED) is 0.0911. The maximum atomic E-state index is 12.0. The van der Waals surface area contributed by atoms with Crippen LogP contribution < -0.4 is 16.0 Å². The summed E-state index contributed by atoms with van der Waals surface area (Å²) in [6.07, 6.45) is 16.9. The molecule has 0 bridgehead atoms. The summed E-state index contributed by atoms with van der Waals surface area (Å²) in [6.45, 7) is 2.44. The molecule has 0 radical (unpaired) electrons. The molecule has 0 spiro atoms. The minimum absolute atomic E-state index is 0.0146. The zero-order valence-electron chi connectivity index (χ0n) is 24.6. The van der Waals surface area contributed by atoms with Crippen molar-refractivity contribution >= 4 is 23.8 Å².